The first-order valence-electron chi connectivity index (χ1n) is 6.02. The normalized spacial score (nSPS) is 11.4. The first-order valence-corrected chi connectivity index (χ1v) is 8.30. The Hall–Kier alpha value is -1.44. The maximum atomic E-state index is 13.3. The van der Waals surface area contributed by atoms with Gasteiger partial charge >= 0.3 is 0 Å². The van der Waals surface area contributed by atoms with Gasteiger partial charge in [-0.2, -0.15) is 0 Å². The fourth-order valence-electron chi connectivity index (χ4n) is 1.77. The van der Waals surface area contributed by atoms with Crippen molar-refractivity contribution in [2.75, 3.05) is 4.72 Å². The predicted octanol–water partition coefficient (Wildman–Crippen LogP) is 3.19. The Balaban J connectivity index is 2.41. The average Bonchev–Trinajstić information content (AvgIpc) is 2.44. The van der Waals surface area contributed by atoms with E-state index in [1.54, 1.807) is 12.1 Å². The van der Waals surface area contributed by atoms with E-state index < -0.39 is 22.4 Å². The maximum Gasteiger partial charge on any atom is 0.261 e. The molecule has 4 nitrogen and oxygen atoms in total. The summed E-state index contributed by atoms with van der Waals surface area (Å²) in [7, 11) is -3.86. The summed E-state index contributed by atoms with van der Waals surface area (Å²) in [6.45, 7) is 1.27. The number of benzene rings is 2. The highest BCUT2D eigenvalue weighted by Crippen LogP contribution is 2.28. The Bertz CT molecular complexity index is 778. The molecule has 7 heteroatoms. The molecule has 0 aromatic heterocycles. The first kappa shape index (κ1) is 15.9. The second-order valence-electron chi connectivity index (χ2n) is 4.45. The van der Waals surface area contributed by atoms with Crippen molar-refractivity contribution in [3.63, 3.8) is 0 Å². The second-order valence-corrected chi connectivity index (χ2v) is 6.93. The van der Waals surface area contributed by atoms with Crippen LogP contribution in [0.25, 0.3) is 0 Å². The highest BCUT2D eigenvalue weighted by Gasteiger charge is 2.17. The van der Waals surface area contributed by atoms with Crippen LogP contribution in [0, 0.1) is 12.7 Å². The minimum atomic E-state index is -3.86. The van der Waals surface area contributed by atoms with Gasteiger partial charge in [-0.3, -0.25) is 4.72 Å². The smallest absolute Gasteiger partial charge is 0.261 e. The summed E-state index contributed by atoms with van der Waals surface area (Å²) < 4.78 is 41.0. The van der Waals surface area contributed by atoms with Crippen LogP contribution in [-0.2, 0) is 16.6 Å². The van der Waals surface area contributed by atoms with Crippen LogP contribution in [0.2, 0.25) is 0 Å². The quantitative estimate of drug-likeness (QED) is 0.864. The molecule has 2 rings (SSSR count). The predicted molar refractivity (Wildman–Crippen MR) is 82.0 cm³/mol. The first-order chi connectivity index (χ1) is 9.85. The summed E-state index contributed by atoms with van der Waals surface area (Å²) in [5.41, 5.74) is 1.21. The van der Waals surface area contributed by atoms with Gasteiger partial charge in [0.2, 0.25) is 0 Å². The van der Waals surface area contributed by atoms with Gasteiger partial charge in [0.25, 0.3) is 10.0 Å². The maximum absolute atomic E-state index is 13.3. The molecule has 0 amide bonds. The van der Waals surface area contributed by atoms with Gasteiger partial charge in [0.1, 0.15) is 5.82 Å². The van der Waals surface area contributed by atoms with E-state index in [9.17, 15) is 12.8 Å². The Morgan fingerprint density at radius 3 is 2.67 bits per heavy atom. The molecule has 112 valence electrons. The molecule has 0 aliphatic rings. The molecule has 2 N–H and O–H groups in total. The number of anilines is 1. The topological polar surface area (TPSA) is 66.4 Å². The Morgan fingerprint density at radius 1 is 1.29 bits per heavy atom. The van der Waals surface area contributed by atoms with Gasteiger partial charge in [0, 0.05) is 10.0 Å². The highest BCUT2D eigenvalue weighted by atomic mass is 79.9. The van der Waals surface area contributed by atoms with Crippen LogP contribution in [0.1, 0.15) is 11.1 Å². The molecule has 0 saturated carbocycles. The lowest BCUT2D eigenvalue weighted by Crippen LogP contribution is -2.14. The fraction of sp³-hybridized carbons (Fsp3) is 0.143. The van der Waals surface area contributed by atoms with Crippen LogP contribution in [0.15, 0.2) is 45.8 Å². The van der Waals surface area contributed by atoms with Crippen molar-refractivity contribution in [3.8, 4) is 0 Å². The number of aliphatic hydroxyl groups excluding tert-OH is 1. The summed E-state index contributed by atoms with van der Waals surface area (Å²) >= 11 is 3.32. The standard InChI is InChI=1S/C14H13BrFNO3S/c1-9-3-2-4-13(14(9)15)17-21(19,20)11-5-6-12(16)10(7-11)8-18/h2-7,17-18H,8H2,1H3. The van der Waals surface area contributed by atoms with Gasteiger partial charge in [0.15, 0.2) is 0 Å². The zero-order chi connectivity index (χ0) is 15.6. The number of aliphatic hydroxyl groups is 1. The van der Waals surface area contributed by atoms with Gasteiger partial charge in [-0.1, -0.05) is 12.1 Å². The molecule has 0 aliphatic heterocycles. The molecular formula is C14H13BrFNO3S. The van der Waals surface area contributed by atoms with Crippen LogP contribution in [0.4, 0.5) is 10.1 Å². The third-order valence-corrected chi connectivity index (χ3v) is 5.35. The number of aryl methyl sites for hydroxylation is 1. The lowest BCUT2D eigenvalue weighted by molar-refractivity contribution is 0.275. The fourth-order valence-corrected chi connectivity index (χ4v) is 3.39. The van der Waals surface area contributed by atoms with Gasteiger partial charge in [-0.15, -0.1) is 0 Å². The molecule has 0 radical (unpaired) electrons. The van der Waals surface area contributed by atoms with Crippen molar-refractivity contribution in [2.24, 2.45) is 0 Å². The van der Waals surface area contributed by atoms with E-state index in [4.69, 9.17) is 5.11 Å². The van der Waals surface area contributed by atoms with E-state index in [-0.39, 0.29) is 10.5 Å². The monoisotopic (exact) mass is 373 g/mol. The molecule has 0 saturated heterocycles. The molecule has 0 atom stereocenters. The number of halogens is 2. The molecule has 0 spiro atoms. The van der Waals surface area contributed by atoms with E-state index in [1.807, 2.05) is 13.0 Å². The van der Waals surface area contributed by atoms with E-state index in [1.165, 1.54) is 0 Å². The largest absolute Gasteiger partial charge is 0.392 e. The van der Waals surface area contributed by atoms with Gasteiger partial charge in [-0.25, -0.2) is 12.8 Å². The van der Waals surface area contributed by atoms with Crippen molar-refractivity contribution in [2.45, 2.75) is 18.4 Å². The summed E-state index contributed by atoms with van der Waals surface area (Å²) in [6, 6.07) is 8.46. The lowest BCUT2D eigenvalue weighted by atomic mass is 10.2. The van der Waals surface area contributed by atoms with Crippen LogP contribution in [0.5, 0.6) is 0 Å². The summed E-state index contributed by atoms with van der Waals surface area (Å²) in [6.07, 6.45) is 0. The molecular weight excluding hydrogens is 361 g/mol. The Kier molecular flexibility index (Phi) is 4.65. The van der Waals surface area contributed by atoms with Gasteiger partial charge < -0.3 is 5.11 Å². The van der Waals surface area contributed by atoms with Crippen LogP contribution < -0.4 is 4.72 Å². The third-order valence-electron chi connectivity index (χ3n) is 2.93. The van der Waals surface area contributed by atoms with Crippen molar-refractivity contribution < 1.29 is 17.9 Å². The van der Waals surface area contributed by atoms with E-state index in [0.717, 1.165) is 23.8 Å². The van der Waals surface area contributed by atoms with Crippen molar-refractivity contribution in [3.05, 3.63) is 57.8 Å². The Labute approximate surface area is 130 Å². The van der Waals surface area contributed by atoms with Crippen molar-refractivity contribution >= 4 is 31.6 Å². The molecule has 2 aromatic carbocycles. The van der Waals surface area contributed by atoms with Crippen LogP contribution in [0.3, 0.4) is 0 Å². The lowest BCUT2D eigenvalue weighted by Gasteiger charge is -2.12. The number of nitrogens with one attached hydrogen (secondary N) is 1. The van der Waals surface area contributed by atoms with Crippen LogP contribution in [-0.4, -0.2) is 13.5 Å². The van der Waals surface area contributed by atoms with Gasteiger partial charge in [0.05, 0.1) is 17.2 Å². The minimum absolute atomic E-state index is 0.0683. The molecule has 21 heavy (non-hydrogen) atoms. The zero-order valence-corrected chi connectivity index (χ0v) is 13.5. The zero-order valence-electron chi connectivity index (χ0n) is 11.1. The minimum Gasteiger partial charge on any atom is -0.392 e. The highest BCUT2D eigenvalue weighted by molar-refractivity contribution is 9.10. The molecule has 0 fully saturated rings. The molecule has 0 bridgehead atoms. The summed E-state index contributed by atoms with van der Waals surface area (Å²) in [4.78, 5) is -0.110. The van der Waals surface area contributed by atoms with E-state index in [0.29, 0.717) is 10.2 Å². The SMILES string of the molecule is Cc1cccc(NS(=O)(=O)c2ccc(F)c(CO)c2)c1Br. The number of hydrogen-bond donors (Lipinski definition) is 2. The second kappa shape index (κ2) is 6.13. The molecule has 0 aliphatic carbocycles. The average molecular weight is 374 g/mol. The van der Waals surface area contributed by atoms with E-state index in [2.05, 4.69) is 20.7 Å². The summed E-state index contributed by atoms with van der Waals surface area (Å²) in [5, 5.41) is 9.02. The number of hydrogen-bond acceptors (Lipinski definition) is 3. The Morgan fingerprint density at radius 2 is 2.00 bits per heavy atom. The number of rotatable bonds is 4. The number of sulfonamides is 1. The third kappa shape index (κ3) is 3.42. The molecule has 2 aromatic rings. The van der Waals surface area contributed by atoms with Crippen LogP contribution >= 0.6 is 15.9 Å². The van der Waals surface area contributed by atoms with Crippen molar-refractivity contribution in [1.82, 2.24) is 0 Å². The molecule has 0 unspecified atom stereocenters. The van der Waals surface area contributed by atoms with Crippen molar-refractivity contribution in [1.29, 1.82) is 0 Å². The molecule has 0 heterocycles. The van der Waals surface area contributed by atoms with Gasteiger partial charge in [-0.05, 0) is 52.7 Å². The van der Waals surface area contributed by atoms with E-state index >= 15 is 0 Å². The summed E-state index contributed by atoms with van der Waals surface area (Å²) in [5.74, 6) is -0.645.